The lowest BCUT2D eigenvalue weighted by Crippen LogP contribution is -2.21. The molecular formula is C11H13F2N5. The molecule has 5 nitrogen and oxygen atoms in total. The second-order valence-corrected chi connectivity index (χ2v) is 4.10. The van der Waals surface area contributed by atoms with Crippen LogP contribution in [0.4, 0.5) is 8.78 Å². The molecule has 2 rings (SSSR count). The molecule has 0 aromatic carbocycles. The second kappa shape index (κ2) is 4.32. The van der Waals surface area contributed by atoms with Gasteiger partial charge in [-0.25, -0.2) is 23.4 Å². The molecule has 0 unspecified atom stereocenters. The fourth-order valence-corrected chi connectivity index (χ4v) is 1.58. The summed E-state index contributed by atoms with van der Waals surface area (Å²) in [6.07, 6.45) is 3.05. The van der Waals surface area contributed by atoms with Crippen LogP contribution in [-0.4, -0.2) is 30.7 Å². The van der Waals surface area contributed by atoms with E-state index < -0.39 is 12.5 Å². The Bertz CT molecular complexity index is 564. The van der Waals surface area contributed by atoms with Crippen LogP contribution < -0.4 is 0 Å². The molecule has 0 aliphatic carbocycles. The van der Waals surface area contributed by atoms with Crippen molar-refractivity contribution in [3.05, 3.63) is 24.4 Å². The van der Waals surface area contributed by atoms with Gasteiger partial charge in [-0.1, -0.05) is 6.58 Å². The Labute approximate surface area is 103 Å². The van der Waals surface area contributed by atoms with Crippen LogP contribution in [0.2, 0.25) is 0 Å². The third kappa shape index (κ3) is 2.61. The van der Waals surface area contributed by atoms with Crippen LogP contribution in [0.1, 0.15) is 18.6 Å². The quantitative estimate of drug-likeness (QED) is 0.909. The third-order valence-electron chi connectivity index (χ3n) is 2.23. The van der Waals surface area contributed by atoms with Crippen LogP contribution in [-0.2, 0) is 6.54 Å². The fourth-order valence-electron chi connectivity index (χ4n) is 1.58. The number of hydrogen-bond donors (Lipinski definition) is 1. The van der Waals surface area contributed by atoms with Crippen LogP contribution in [0, 0.1) is 6.92 Å². The summed E-state index contributed by atoms with van der Waals surface area (Å²) in [5.74, 6) is -1.52. The van der Waals surface area contributed by atoms with E-state index >= 15 is 0 Å². The number of imidazole rings is 1. The Kier molecular flexibility index (Phi) is 2.98. The van der Waals surface area contributed by atoms with Gasteiger partial charge < -0.3 is 4.98 Å². The van der Waals surface area contributed by atoms with Gasteiger partial charge in [-0.2, -0.15) is 5.10 Å². The highest BCUT2D eigenvalue weighted by Crippen LogP contribution is 2.20. The Morgan fingerprint density at radius 2 is 2.28 bits per heavy atom. The summed E-state index contributed by atoms with van der Waals surface area (Å²) in [5.41, 5.74) is 0.537. The predicted octanol–water partition coefficient (Wildman–Crippen LogP) is 2.27. The van der Waals surface area contributed by atoms with Crippen molar-refractivity contribution in [2.24, 2.45) is 0 Å². The highest BCUT2D eigenvalue weighted by atomic mass is 19.3. The number of H-pyrrole nitrogens is 1. The van der Waals surface area contributed by atoms with E-state index in [9.17, 15) is 8.78 Å². The van der Waals surface area contributed by atoms with Crippen molar-refractivity contribution in [2.45, 2.75) is 26.3 Å². The van der Waals surface area contributed by atoms with E-state index in [-0.39, 0.29) is 0 Å². The number of aromatic amines is 1. The maximum Gasteiger partial charge on any atom is 0.264 e. The summed E-state index contributed by atoms with van der Waals surface area (Å²) in [6.45, 7) is 5.54. The number of hydrogen-bond acceptors (Lipinski definition) is 3. The largest absolute Gasteiger partial charge is 0.336 e. The summed E-state index contributed by atoms with van der Waals surface area (Å²) >= 11 is 0. The molecule has 18 heavy (non-hydrogen) atoms. The summed E-state index contributed by atoms with van der Waals surface area (Å²) < 4.78 is 27.3. The summed E-state index contributed by atoms with van der Waals surface area (Å²) in [6, 6.07) is 0. The van der Waals surface area contributed by atoms with Crippen molar-refractivity contribution in [1.82, 2.24) is 24.7 Å². The molecule has 2 aromatic rings. The molecule has 0 aliphatic rings. The Morgan fingerprint density at radius 3 is 2.83 bits per heavy atom. The molecule has 0 bridgehead atoms. The van der Waals surface area contributed by atoms with Crippen molar-refractivity contribution in [1.29, 1.82) is 0 Å². The zero-order chi connectivity index (χ0) is 13.3. The molecule has 0 fully saturated rings. The van der Waals surface area contributed by atoms with Gasteiger partial charge in [-0.15, -0.1) is 0 Å². The third-order valence-corrected chi connectivity index (χ3v) is 2.23. The minimum Gasteiger partial charge on any atom is -0.336 e. The molecule has 0 aliphatic heterocycles. The van der Waals surface area contributed by atoms with Crippen LogP contribution in [0.3, 0.4) is 0 Å². The number of rotatable bonds is 4. The van der Waals surface area contributed by atoms with E-state index in [1.807, 2.05) is 0 Å². The van der Waals surface area contributed by atoms with E-state index in [2.05, 4.69) is 26.6 Å². The molecule has 0 radical (unpaired) electrons. The topological polar surface area (TPSA) is 59.4 Å². The summed E-state index contributed by atoms with van der Waals surface area (Å²) in [5, 5.41) is 3.96. The molecule has 1 N–H and O–H groups in total. The molecule has 0 saturated carbocycles. The van der Waals surface area contributed by atoms with Gasteiger partial charge >= 0.3 is 0 Å². The first-order valence-corrected chi connectivity index (χ1v) is 5.36. The highest BCUT2D eigenvalue weighted by Gasteiger charge is 2.25. The lowest BCUT2D eigenvalue weighted by molar-refractivity contribution is 0.000929. The van der Waals surface area contributed by atoms with Crippen LogP contribution in [0.25, 0.3) is 17.6 Å². The first-order valence-electron chi connectivity index (χ1n) is 5.36. The molecule has 0 saturated heterocycles. The number of halogens is 2. The van der Waals surface area contributed by atoms with E-state index in [0.717, 1.165) is 6.92 Å². The fraction of sp³-hybridized carbons (Fsp3) is 0.364. The number of alkyl halides is 2. The molecular weight excluding hydrogens is 240 g/mol. The number of nitrogens with one attached hydrogen (secondary N) is 1. The summed E-state index contributed by atoms with van der Waals surface area (Å²) in [4.78, 5) is 11.1. The molecule has 0 spiro atoms. The number of aromatic nitrogens is 5. The van der Waals surface area contributed by atoms with Crippen molar-refractivity contribution < 1.29 is 8.78 Å². The molecule has 2 aromatic heterocycles. The monoisotopic (exact) mass is 253 g/mol. The van der Waals surface area contributed by atoms with Gasteiger partial charge in [0, 0.05) is 6.92 Å². The first-order chi connectivity index (χ1) is 8.39. The Morgan fingerprint density at radius 1 is 1.56 bits per heavy atom. The van der Waals surface area contributed by atoms with E-state index in [0.29, 0.717) is 23.2 Å². The summed E-state index contributed by atoms with van der Waals surface area (Å²) in [7, 11) is 0. The molecule has 0 amide bonds. The normalized spacial score (nSPS) is 11.8. The lowest BCUT2D eigenvalue weighted by atomic mass is 10.3. The van der Waals surface area contributed by atoms with Gasteiger partial charge in [0.1, 0.15) is 23.9 Å². The number of aryl methyl sites for hydroxylation is 1. The Balaban J connectivity index is 2.40. The van der Waals surface area contributed by atoms with Crippen molar-refractivity contribution >= 4 is 6.08 Å². The molecule has 2 heterocycles. The van der Waals surface area contributed by atoms with Crippen molar-refractivity contribution in [2.75, 3.05) is 0 Å². The number of nitrogens with zero attached hydrogens (tertiary/aromatic N) is 4. The van der Waals surface area contributed by atoms with Crippen molar-refractivity contribution in [3.8, 4) is 11.5 Å². The van der Waals surface area contributed by atoms with Gasteiger partial charge in [0.15, 0.2) is 5.82 Å². The smallest absolute Gasteiger partial charge is 0.264 e. The lowest BCUT2D eigenvalue weighted by Gasteiger charge is -2.11. The predicted molar refractivity (Wildman–Crippen MR) is 63.1 cm³/mol. The highest BCUT2D eigenvalue weighted by molar-refractivity contribution is 5.52. The molecule has 7 heteroatoms. The van der Waals surface area contributed by atoms with Gasteiger partial charge in [-0.05, 0) is 13.0 Å². The van der Waals surface area contributed by atoms with Crippen LogP contribution in [0.5, 0.6) is 0 Å². The SMILES string of the molecule is C=Cc1ncc(-c2nc(C)nn2CC(C)(F)F)[nH]1. The standard InChI is InChI=1S/C11H13F2N5/c1-4-9-14-5-8(16-9)10-15-7(2)17-18(10)6-11(3,12)13/h4-5H,1,6H2,2-3H3,(H,14,16). The van der Waals surface area contributed by atoms with E-state index in [1.165, 1.54) is 17.0 Å². The van der Waals surface area contributed by atoms with Gasteiger partial charge in [0.2, 0.25) is 0 Å². The minimum absolute atomic E-state index is 0.342. The van der Waals surface area contributed by atoms with E-state index in [4.69, 9.17) is 0 Å². The first kappa shape index (κ1) is 12.4. The zero-order valence-corrected chi connectivity index (χ0v) is 10.1. The average molecular weight is 253 g/mol. The maximum absolute atomic E-state index is 13.1. The molecule has 96 valence electrons. The van der Waals surface area contributed by atoms with Crippen LogP contribution in [0.15, 0.2) is 12.8 Å². The van der Waals surface area contributed by atoms with E-state index in [1.54, 1.807) is 6.92 Å². The average Bonchev–Trinajstić information content (AvgIpc) is 2.82. The molecule has 0 atom stereocenters. The van der Waals surface area contributed by atoms with Gasteiger partial charge in [-0.3, -0.25) is 0 Å². The minimum atomic E-state index is -2.85. The van der Waals surface area contributed by atoms with Gasteiger partial charge in [0.25, 0.3) is 5.92 Å². The Hall–Kier alpha value is -2.05. The zero-order valence-electron chi connectivity index (χ0n) is 10.1. The van der Waals surface area contributed by atoms with Crippen LogP contribution >= 0.6 is 0 Å². The van der Waals surface area contributed by atoms with Gasteiger partial charge in [0.05, 0.1) is 6.20 Å². The van der Waals surface area contributed by atoms with Crippen molar-refractivity contribution in [3.63, 3.8) is 0 Å². The maximum atomic E-state index is 13.1. The second-order valence-electron chi connectivity index (χ2n) is 4.10.